The fourth-order valence-electron chi connectivity index (χ4n) is 1.18. The van der Waals surface area contributed by atoms with E-state index in [1.54, 1.807) is 0 Å². The van der Waals surface area contributed by atoms with Crippen molar-refractivity contribution in [3.05, 3.63) is 30.6 Å². The lowest BCUT2D eigenvalue weighted by atomic mass is 10.1. The number of hydrogen-bond donors (Lipinski definition) is 1. The van der Waals surface area contributed by atoms with Crippen molar-refractivity contribution >= 4 is 0 Å². The van der Waals surface area contributed by atoms with Gasteiger partial charge in [-0.25, -0.2) is 14.6 Å². The molecule has 9 heteroatoms. The average molecular weight is 242 g/mol. The van der Waals surface area contributed by atoms with Gasteiger partial charge in [0.15, 0.2) is 0 Å². The van der Waals surface area contributed by atoms with Gasteiger partial charge < -0.3 is 5.11 Å². The van der Waals surface area contributed by atoms with Crippen LogP contribution in [-0.2, 0) is 12.5 Å². The summed E-state index contributed by atoms with van der Waals surface area (Å²) in [7, 11) is 0. The maximum absolute atomic E-state index is 13.7. The van der Waals surface area contributed by atoms with Crippen LogP contribution in [0.2, 0.25) is 0 Å². The van der Waals surface area contributed by atoms with Gasteiger partial charge in [0, 0.05) is 12.4 Å². The van der Waals surface area contributed by atoms with E-state index in [1.165, 1.54) is 18.5 Å². The van der Waals surface area contributed by atoms with Crippen LogP contribution in [0.3, 0.4) is 0 Å². The molecule has 90 valence electrons. The zero-order valence-corrected chi connectivity index (χ0v) is 8.48. The van der Waals surface area contributed by atoms with Gasteiger partial charge in [0.05, 0.1) is 6.54 Å². The van der Waals surface area contributed by atoms with E-state index in [4.69, 9.17) is 0 Å². The van der Waals surface area contributed by atoms with Crippen LogP contribution in [0, 0.1) is 0 Å². The first-order chi connectivity index (χ1) is 8.10. The van der Waals surface area contributed by atoms with Crippen LogP contribution in [-0.4, -0.2) is 41.4 Å². The summed E-state index contributed by atoms with van der Waals surface area (Å²) in [6.45, 7) is -0.446. The van der Waals surface area contributed by atoms with Gasteiger partial charge in [-0.15, -0.1) is 5.10 Å². The molecular weight excluding hydrogens is 234 g/mol. The molecule has 0 saturated heterocycles. The lowest BCUT2D eigenvalue weighted by Gasteiger charge is -2.20. The highest BCUT2D eigenvalue weighted by Crippen LogP contribution is 2.29. The van der Waals surface area contributed by atoms with Gasteiger partial charge in [0.25, 0.3) is 0 Å². The van der Waals surface area contributed by atoms with Crippen LogP contribution in [0.1, 0.15) is 5.82 Å². The highest BCUT2D eigenvalue weighted by atomic mass is 19.3. The summed E-state index contributed by atoms with van der Waals surface area (Å²) in [5, 5.41) is 19.4. The molecule has 7 nitrogen and oxygen atoms in total. The van der Waals surface area contributed by atoms with Crippen LogP contribution in [0.15, 0.2) is 24.8 Å². The fourth-order valence-corrected chi connectivity index (χ4v) is 1.18. The van der Waals surface area contributed by atoms with Gasteiger partial charge in [-0.1, -0.05) is 0 Å². The van der Waals surface area contributed by atoms with E-state index in [0.717, 1.165) is 11.0 Å². The Hall–Kier alpha value is -2.03. The minimum Gasteiger partial charge on any atom is -0.384 e. The molecule has 0 saturated carbocycles. The van der Waals surface area contributed by atoms with E-state index < -0.39 is 24.4 Å². The van der Waals surface area contributed by atoms with Gasteiger partial charge in [-0.05, 0) is 16.5 Å². The van der Waals surface area contributed by atoms with Crippen LogP contribution < -0.4 is 0 Å². The number of aromatic nitrogens is 6. The summed E-state index contributed by atoms with van der Waals surface area (Å²) in [4.78, 5) is 6.84. The smallest absolute Gasteiger partial charge is 0.333 e. The summed E-state index contributed by atoms with van der Waals surface area (Å²) in [5.41, 5.74) is 0. The minimum absolute atomic E-state index is 0.446. The first-order valence-corrected chi connectivity index (χ1v) is 4.65. The Bertz CT molecular complexity index is 462. The summed E-state index contributed by atoms with van der Waals surface area (Å²) in [6, 6.07) is 1.41. The first-order valence-electron chi connectivity index (χ1n) is 4.65. The van der Waals surface area contributed by atoms with E-state index in [9.17, 15) is 13.9 Å². The zero-order valence-electron chi connectivity index (χ0n) is 8.48. The van der Waals surface area contributed by atoms with Crippen molar-refractivity contribution in [2.45, 2.75) is 18.6 Å². The Kier molecular flexibility index (Phi) is 3.00. The molecule has 1 N–H and O–H groups in total. The largest absolute Gasteiger partial charge is 0.384 e. The Morgan fingerprint density at radius 3 is 2.65 bits per heavy atom. The van der Waals surface area contributed by atoms with Crippen molar-refractivity contribution in [3.8, 4) is 0 Å². The molecule has 2 aromatic rings. The van der Waals surface area contributed by atoms with Gasteiger partial charge in [0.1, 0.15) is 12.4 Å². The summed E-state index contributed by atoms with van der Waals surface area (Å²) >= 11 is 0. The van der Waals surface area contributed by atoms with E-state index in [2.05, 4.69) is 25.5 Å². The number of tetrazole rings is 1. The summed E-state index contributed by atoms with van der Waals surface area (Å²) < 4.78 is 28.4. The third kappa shape index (κ3) is 2.38. The lowest BCUT2D eigenvalue weighted by Crippen LogP contribution is -2.36. The summed E-state index contributed by atoms with van der Waals surface area (Å²) in [5.74, 6) is -4.30. The third-order valence-electron chi connectivity index (χ3n) is 2.03. The highest BCUT2D eigenvalue weighted by molar-refractivity contribution is 5.00. The standard InChI is InChI=1S/C8H8F2N6O/c9-8(10,7-11-2-1-3-12-7)6(17)4-16-5-13-14-15-16/h1-3,5-6,17H,4H2. The second-order valence-corrected chi connectivity index (χ2v) is 3.24. The monoisotopic (exact) mass is 242 g/mol. The van der Waals surface area contributed by atoms with Crippen molar-refractivity contribution in [3.63, 3.8) is 0 Å². The Balaban J connectivity index is 2.15. The van der Waals surface area contributed by atoms with Gasteiger partial charge >= 0.3 is 5.92 Å². The minimum atomic E-state index is -3.56. The number of alkyl halides is 2. The number of aliphatic hydroxyl groups is 1. The Morgan fingerprint density at radius 2 is 2.06 bits per heavy atom. The molecule has 0 amide bonds. The van der Waals surface area contributed by atoms with Gasteiger partial charge in [-0.2, -0.15) is 8.78 Å². The molecule has 0 fully saturated rings. The molecule has 0 aliphatic heterocycles. The molecule has 0 aliphatic carbocycles. The normalized spacial score (nSPS) is 13.6. The van der Waals surface area contributed by atoms with Gasteiger partial charge in [0.2, 0.25) is 5.82 Å². The number of rotatable bonds is 4. The predicted octanol–water partition coefficient (Wildman–Crippen LogP) is -0.384. The lowest BCUT2D eigenvalue weighted by molar-refractivity contribution is -0.128. The predicted molar refractivity (Wildman–Crippen MR) is 49.7 cm³/mol. The molecule has 0 aromatic carbocycles. The molecular formula is C8H8F2N6O. The first kappa shape index (κ1) is 11.5. The van der Waals surface area contributed by atoms with Crippen molar-refractivity contribution in [1.29, 1.82) is 0 Å². The third-order valence-corrected chi connectivity index (χ3v) is 2.03. The Labute approximate surface area is 94.1 Å². The second kappa shape index (κ2) is 4.45. The molecule has 2 rings (SSSR count). The molecule has 0 spiro atoms. The van der Waals surface area contributed by atoms with Crippen LogP contribution in [0.25, 0.3) is 0 Å². The maximum atomic E-state index is 13.7. The van der Waals surface area contributed by atoms with Crippen molar-refractivity contribution in [2.75, 3.05) is 0 Å². The molecule has 1 atom stereocenters. The van der Waals surface area contributed by atoms with Gasteiger partial charge in [-0.3, -0.25) is 0 Å². The zero-order chi connectivity index (χ0) is 12.3. The Morgan fingerprint density at radius 1 is 1.35 bits per heavy atom. The van der Waals surface area contributed by atoms with E-state index >= 15 is 0 Å². The molecule has 0 radical (unpaired) electrons. The van der Waals surface area contributed by atoms with Crippen molar-refractivity contribution in [1.82, 2.24) is 30.2 Å². The number of aliphatic hydroxyl groups excluding tert-OH is 1. The van der Waals surface area contributed by atoms with E-state index in [1.807, 2.05) is 0 Å². The van der Waals surface area contributed by atoms with Crippen LogP contribution >= 0.6 is 0 Å². The van der Waals surface area contributed by atoms with Crippen LogP contribution in [0.5, 0.6) is 0 Å². The van der Waals surface area contributed by atoms with E-state index in [0.29, 0.717) is 0 Å². The highest BCUT2D eigenvalue weighted by Gasteiger charge is 2.43. The molecule has 0 aliphatic rings. The average Bonchev–Trinajstić information content (AvgIpc) is 2.83. The van der Waals surface area contributed by atoms with E-state index in [-0.39, 0.29) is 0 Å². The van der Waals surface area contributed by atoms with Crippen LogP contribution in [0.4, 0.5) is 8.78 Å². The maximum Gasteiger partial charge on any atom is 0.333 e. The topological polar surface area (TPSA) is 89.6 Å². The molecule has 1 unspecified atom stereocenters. The number of hydrogen-bond acceptors (Lipinski definition) is 6. The SMILES string of the molecule is OC(Cn1cnnn1)C(F)(F)c1ncccn1. The molecule has 2 aromatic heterocycles. The molecule has 17 heavy (non-hydrogen) atoms. The number of nitrogens with zero attached hydrogens (tertiary/aromatic N) is 6. The summed E-state index contributed by atoms with van der Waals surface area (Å²) in [6.07, 6.45) is 1.49. The second-order valence-electron chi connectivity index (χ2n) is 3.24. The quantitative estimate of drug-likeness (QED) is 0.785. The molecule has 2 heterocycles. The van der Waals surface area contributed by atoms with Crippen molar-refractivity contribution in [2.24, 2.45) is 0 Å². The fraction of sp³-hybridized carbons (Fsp3) is 0.375. The number of halogens is 2. The van der Waals surface area contributed by atoms with Crippen molar-refractivity contribution < 1.29 is 13.9 Å². The molecule has 0 bridgehead atoms.